The smallest absolute Gasteiger partial charge is 0.390 e. The van der Waals surface area contributed by atoms with Crippen LogP contribution in [0.3, 0.4) is 0 Å². The summed E-state index contributed by atoms with van der Waals surface area (Å²) in [7, 11) is -4.87. The lowest BCUT2D eigenvalue weighted by Crippen LogP contribution is -2.66. The van der Waals surface area contributed by atoms with Crippen molar-refractivity contribution in [2.75, 3.05) is 6.61 Å². The molecule has 27 nitrogen and oxygen atoms in total. The van der Waals surface area contributed by atoms with Crippen LogP contribution in [0.15, 0.2) is 23.3 Å². The van der Waals surface area contributed by atoms with Crippen molar-refractivity contribution in [3.8, 4) is 0 Å². The van der Waals surface area contributed by atoms with Crippen LogP contribution in [0, 0.1) is 34.5 Å². The predicted octanol–water partition coefficient (Wildman–Crippen LogP) is -1.94. The van der Waals surface area contributed by atoms with E-state index in [0.717, 1.165) is 11.1 Å². The van der Waals surface area contributed by atoms with E-state index in [1.165, 1.54) is 27.7 Å². The van der Waals surface area contributed by atoms with Gasteiger partial charge in [0.05, 0.1) is 54.9 Å². The molecule has 0 amide bonds. The van der Waals surface area contributed by atoms with Gasteiger partial charge in [-0.1, -0.05) is 37.1 Å². The number of rotatable bonds is 16. The molecule has 14 N–H and O–H groups in total. The van der Waals surface area contributed by atoms with E-state index >= 15 is 0 Å². The minimum absolute atomic E-state index is 0.0113. The molecule has 3 saturated carbocycles. The first-order valence-electron chi connectivity index (χ1n) is 29.6. The molecule has 4 aliphatic carbocycles. The SMILES string of the molecule is CC(C)=CC[C@H](O)[C@](C)(O)[C@H]1CC[C@H]2[C@@H]3C[C@H](O[C@@H]4O[C@H](C)[C@@H](O)[C@H](O[C@@H]5OC[C@@H](O[C@@H]6O[C@H](C)[C@H](O)[C@H](O)[C@H]6O[C@@H]6O[C@H](C)[C@H](O)[C@H](O)[C@H]6O)[C@H](O)[C@H]5O[C@@H]5O[C@H](C)[C@@H](O)[C@H](O)[C@H]5O)[C@H]4O)[C@H]4C[C@@H](OS(=O)(=O)O)CC[C@]4(C)C3=CC[C@]12C. The number of aliphatic hydroxyl groups is 13. The van der Waals surface area contributed by atoms with Crippen molar-refractivity contribution in [2.45, 2.75) is 285 Å². The Labute approximate surface area is 489 Å². The monoisotopic (exact) mass is 1230 g/mol. The van der Waals surface area contributed by atoms with E-state index in [2.05, 4.69) is 19.9 Å². The number of ether oxygens (including phenoxy) is 10. The highest BCUT2D eigenvalue weighted by Crippen LogP contribution is 2.67. The summed E-state index contributed by atoms with van der Waals surface area (Å²) in [6.07, 6.45) is -34.5. The van der Waals surface area contributed by atoms with Crippen molar-refractivity contribution >= 4 is 10.4 Å². The molecule has 0 aromatic rings. The molecule has 0 spiro atoms. The van der Waals surface area contributed by atoms with Crippen LogP contribution in [-0.2, 0) is 62.0 Å². The lowest BCUT2D eigenvalue weighted by molar-refractivity contribution is -0.397. The molecule has 484 valence electrons. The maximum Gasteiger partial charge on any atom is 0.397 e. The summed E-state index contributed by atoms with van der Waals surface area (Å²) < 4.78 is 101. The topological polar surface area (TPSA) is 419 Å². The van der Waals surface area contributed by atoms with E-state index in [9.17, 15) is 79.4 Å². The third kappa shape index (κ3) is 12.9. The second kappa shape index (κ2) is 25.6. The lowest BCUT2D eigenvalue weighted by Gasteiger charge is -2.60. The highest BCUT2D eigenvalue weighted by Gasteiger charge is 2.64. The average Bonchev–Trinajstić information content (AvgIpc) is 1.36. The molecule has 9 rings (SSSR count). The van der Waals surface area contributed by atoms with Crippen LogP contribution >= 0.6 is 0 Å². The Hall–Kier alpha value is -1.57. The summed E-state index contributed by atoms with van der Waals surface area (Å²) in [5, 5.41) is 147. The maximum absolute atomic E-state index is 12.4. The van der Waals surface area contributed by atoms with Gasteiger partial charge in [-0.15, -0.1) is 0 Å². The van der Waals surface area contributed by atoms with Gasteiger partial charge in [0.15, 0.2) is 31.5 Å². The van der Waals surface area contributed by atoms with Crippen LogP contribution in [-0.4, -0.2) is 257 Å². The molecule has 84 heavy (non-hydrogen) atoms. The summed E-state index contributed by atoms with van der Waals surface area (Å²) in [6, 6.07) is 0. The molecular weight excluding hydrogens is 1140 g/mol. The average molecular weight is 1230 g/mol. The van der Waals surface area contributed by atoms with Gasteiger partial charge in [-0.25, -0.2) is 4.18 Å². The van der Waals surface area contributed by atoms with E-state index < -0.39 is 205 Å². The van der Waals surface area contributed by atoms with Gasteiger partial charge in [-0.3, -0.25) is 4.55 Å². The molecule has 5 heterocycles. The maximum atomic E-state index is 12.4. The molecular formula is C56H92O27S. The number of aliphatic hydroxyl groups excluding tert-OH is 12. The highest BCUT2D eigenvalue weighted by atomic mass is 32.3. The van der Waals surface area contributed by atoms with Crippen LogP contribution < -0.4 is 0 Å². The standard InChI is InChI=1S/C56H92O27S/c1-21(2)10-13-34(57)56(9,69)33-12-11-28-27-19-31(30-18-26(83-84(70,71)72)14-16-54(30,7)29(27)15-17-55(28,33)8)78-51-45(68)46(38(61)25(6)76-51)80-52-47(81-49-43(66)40(63)35(58)22(3)74-49)39(62)32(20-73-52)79-53-48(42(65)37(60)24(5)77-53)82-50-44(67)41(64)36(59)23(4)75-50/h10,15,22-28,30-53,57-69H,11-14,16-20H2,1-9H3,(H,70,71,72)/t22-,23-,24-,25-,26+,27+,28+,30-,31+,32-,33+,34+,35-,36+,37+,38-,39+,40+,41+,42+,43-,44-,45-,46+,47-,48-,49+,50+,51+,52+,53+,54-,55+,56-/m1/s1. The fraction of sp³-hybridized carbons (Fsp3) is 0.929. The lowest BCUT2D eigenvalue weighted by atomic mass is 9.47. The Bertz CT molecular complexity index is 2420. The summed E-state index contributed by atoms with van der Waals surface area (Å²) >= 11 is 0. The van der Waals surface area contributed by atoms with Crippen LogP contribution in [0.2, 0.25) is 0 Å². The van der Waals surface area contributed by atoms with Crippen LogP contribution in [0.5, 0.6) is 0 Å². The van der Waals surface area contributed by atoms with Gasteiger partial charge in [-0.2, -0.15) is 8.42 Å². The van der Waals surface area contributed by atoms with Gasteiger partial charge in [-0.05, 0) is 134 Å². The van der Waals surface area contributed by atoms with Crippen LogP contribution in [0.4, 0.5) is 0 Å². The molecule has 34 atom stereocenters. The summed E-state index contributed by atoms with van der Waals surface area (Å²) in [6.45, 7) is 14.9. The molecule has 9 aliphatic rings. The van der Waals surface area contributed by atoms with Gasteiger partial charge in [0.2, 0.25) is 0 Å². The predicted molar refractivity (Wildman–Crippen MR) is 285 cm³/mol. The first-order chi connectivity index (χ1) is 39.2. The Morgan fingerprint density at radius 3 is 1.71 bits per heavy atom. The molecule has 0 aromatic heterocycles. The minimum Gasteiger partial charge on any atom is -0.390 e. The number of hydrogen-bond acceptors (Lipinski definition) is 26. The van der Waals surface area contributed by atoms with Crippen molar-refractivity contribution in [3.05, 3.63) is 23.3 Å². The van der Waals surface area contributed by atoms with Crippen LogP contribution in [0.25, 0.3) is 0 Å². The quantitative estimate of drug-likeness (QED) is 0.0591. The number of fused-ring (bicyclic) bond motifs is 5. The van der Waals surface area contributed by atoms with Crippen molar-refractivity contribution in [3.63, 3.8) is 0 Å². The van der Waals surface area contributed by atoms with Gasteiger partial charge >= 0.3 is 10.4 Å². The van der Waals surface area contributed by atoms with Crippen molar-refractivity contribution < 1.29 is 131 Å². The summed E-state index contributed by atoms with van der Waals surface area (Å²) in [4.78, 5) is 0. The van der Waals surface area contributed by atoms with Gasteiger partial charge in [0.1, 0.15) is 91.6 Å². The zero-order valence-corrected chi connectivity index (χ0v) is 49.7. The van der Waals surface area contributed by atoms with E-state index in [0.29, 0.717) is 32.1 Å². The zero-order valence-electron chi connectivity index (χ0n) is 48.9. The summed E-state index contributed by atoms with van der Waals surface area (Å²) in [5.41, 5.74) is -0.400. The van der Waals surface area contributed by atoms with Crippen LogP contribution in [0.1, 0.15) is 114 Å². The molecule has 0 bridgehead atoms. The molecule has 0 radical (unpaired) electrons. The van der Waals surface area contributed by atoms with Crippen molar-refractivity contribution in [1.82, 2.24) is 0 Å². The molecule has 5 aliphatic heterocycles. The fourth-order valence-corrected chi connectivity index (χ4v) is 15.9. The second-order valence-corrected chi connectivity index (χ2v) is 27.3. The van der Waals surface area contributed by atoms with E-state index in [1.54, 1.807) is 6.92 Å². The summed E-state index contributed by atoms with van der Waals surface area (Å²) in [5.74, 6) is -0.954. The normalized spacial score (nSPS) is 52.0. The fourth-order valence-electron chi connectivity index (χ4n) is 15.4. The largest absolute Gasteiger partial charge is 0.397 e. The third-order valence-electron chi connectivity index (χ3n) is 20.4. The Morgan fingerprint density at radius 1 is 0.631 bits per heavy atom. The number of allylic oxidation sites excluding steroid dienone is 3. The molecule has 5 saturated heterocycles. The highest BCUT2D eigenvalue weighted by molar-refractivity contribution is 7.80. The second-order valence-electron chi connectivity index (χ2n) is 26.2. The van der Waals surface area contributed by atoms with Gasteiger partial charge in [0, 0.05) is 0 Å². The first-order valence-corrected chi connectivity index (χ1v) is 30.9. The van der Waals surface area contributed by atoms with Crippen molar-refractivity contribution in [2.24, 2.45) is 34.5 Å². The van der Waals surface area contributed by atoms with Crippen molar-refractivity contribution in [1.29, 1.82) is 0 Å². The molecule has 0 aromatic carbocycles. The third-order valence-corrected chi connectivity index (χ3v) is 21.0. The van der Waals surface area contributed by atoms with Gasteiger partial charge in [0.25, 0.3) is 0 Å². The first kappa shape index (κ1) is 66.8. The van der Waals surface area contributed by atoms with E-state index in [-0.39, 0.29) is 37.0 Å². The van der Waals surface area contributed by atoms with Gasteiger partial charge < -0.3 is 114 Å². The number of hydrogen-bond donors (Lipinski definition) is 14. The molecule has 8 fully saturated rings. The Balaban J connectivity index is 0.981. The minimum atomic E-state index is -4.87. The Kier molecular flexibility index (Phi) is 20.4. The zero-order chi connectivity index (χ0) is 61.6. The Morgan fingerprint density at radius 2 is 1.14 bits per heavy atom. The molecule has 0 unspecified atom stereocenters. The van der Waals surface area contributed by atoms with E-state index in [1.807, 2.05) is 19.9 Å². The van der Waals surface area contributed by atoms with E-state index in [4.69, 9.17) is 51.6 Å². The molecule has 28 heteroatoms.